The van der Waals surface area contributed by atoms with Crippen LogP contribution in [-0.4, -0.2) is 33.2 Å². The summed E-state index contributed by atoms with van der Waals surface area (Å²) < 4.78 is 30.2. The minimum absolute atomic E-state index is 0.815. The standard InChI is InChI=1S/C3H5N4O3S/c1-3(11(8,9)10)7-2-4-5-6-7/h3H,1H3,(H,8,9,10). The maximum Gasteiger partial charge on any atom is 0.288 e. The normalized spacial score (nSPS) is 14.7. The summed E-state index contributed by atoms with van der Waals surface area (Å²) in [7, 11) is -4.14. The van der Waals surface area contributed by atoms with Gasteiger partial charge in [0, 0.05) is 0 Å². The van der Waals surface area contributed by atoms with Crippen LogP contribution in [0.25, 0.3) is 0 Å². The molecule has 1 radical (unpaired) electrons. The van der Waals surface area contributed by atoms with Crippen molar-refractivity contribution in [3.05, 3.63) is 6.33 Å². The molecule has 0 aromatic carbocycles. The summed E-state index contributed by atoms with van der Waals surface area (Å²) in [4.78, 5) is 0. The van der Waals surface area contributed by atoms with Crippen LogP contribution in [0.4, 0.5) is 0 Å². The first-order valence-electron chi connectivity index (χ1n) is 2.63. The van der Waals surface area contributed by atoms with Crippen molar-refractivity contribution >= 4 is 10.1 Å². The number of hydrogen-bond donors (Lipinski definition) is 1. The molecule has 1 heterocycles. The molecule has 0 aliphatic carbocycles. The predicted octanol–water partition coefficient (Wildman–Crippen LogP) is -1.12. The minimum atomic E-state index is -4.14. The minimum Gasteiger partial charge on any atom is -0.284 e. The number of tetrazole rings is 1. The van der Waals surface area contributed by atoms with E-state index in [9.17, 15) is 8.42 Å². The lowest BCUT2D eigenvalue weighted by atomic mass is 10.8. The van der Waals surface area contributed by atoms with E-state index in [-0.39, 0.29) is 0 Å². The molecule has 0 amide bonds. The van der Waals surface area contributed by atoms with Crippen LogP contribution in [0.5, 0.6) is 0 Å². The van der Waals surface area contributed by atoms with E-state index in [2.05, 4.69) is 21.9 Å². The van der Waals surface area contributed by atoms with Gasteiger partial charge in [-0.15, -0.1) is 5.10 Å². The summed E-state index contributed by atoms with van der Waals surface area (Å²) in [6, 6.07) is 0. The van der Waals surface area contributed by atoms with Gasteiger partial charge in [0.1, 0.15) is 0 Å². The molecule has 0 spiro atoms. The van der Waals surface area contributed by atoms with Gasteiger partial charge < -0.3 is 0 Å². The van der Waals surface area contributed by atoms with Crippen LogP contribution in [-0.2, 0) is 10.1 Å². The van der Waals surface area contributed by atoms with Gasteiger partial charge >= 0.3 is 0 Å². The maximum atomic E-state index is 10.4. The van der Waals surface area contributed by atoms with Gasteiger partial charge in [-0.25, -0.2) is 4.68 Å². The predicted molar refractivity (Wildman–Crippen MR) is 32.9 cm³/mol. The first-order valence-corrected chi connectivity index (χ1v) is 4.14. The van der Waals surface area contributed by atoms with E-state index in [0.717, 1.165) is 4.68 Å². The highest BCUT2D eigenvalue weighted by Crippen LogP contribution is 2.07. The van der Waals surface area contributed by atoms with Gasteiger partial charge in [0.2, 0.25) is 6.33 Å². The molecule has 0 bridgehead atoms. The molecular weight excluding hydrogens is 172 g/mol. The smallest absolute Gasteiger partial charge is 0.284 e. The molecule has 0 saturated heterocycles. The largest absolute Gasteiger partial charge is 0.288 e. The van der Waals surface area contributed by atoms with Crippen LogP contribution in [0.15, 0.2) is 0 Å². The quantitative estimate of drug-likeness (QED) is 0.574. The lowest BCUT2D eigenvalue weighted by Crippen LogP contribution is -2.16. The number of hydrogen-bond acceptors (Lipinski definition) is 5. The van der Waals surface area contributed by atoms with Crippen LogP contribution >= 0.6 is 0 Å². The van der Waals surface area contributed by atoms with E-state index in [1.54, 1.807) is 0 Å². The molecule has 1 rings (SSSR count). The van der Waals surface area contributed by atoms with Crippen LogP contribution in [0.1, 0.15) is 12.3 Å². The van der Waals surface area contributed by atoms with Gasteiger partial charge in [-0.2, -0.15) is 8.42 Å². The molecule has 11 heavy (non-hydrogen) atoms. The van der Waals surface area contributed by atoms with Crippen LogP contribution in [0.3, 0.4) is 0 Å². The molecule has 61 valence electrons. The Morgan fingerprint density at radius 2 is 2.27 bits per heavy atom. The summed E-state index contributed by atoms with van der Waals surface area (Å²) in [5.74, 6) is 0. The Bertz CT molecular complexity index is 316. The van der Waals surface area contributed by atoms with E-state index in [4.69, 9.17) is 4.55 Å². The molecule has 1 aromatic rings. The Morgan fingerprint density at radius 3 is 2.64 bits per heavy atom. The van der Waals surface area contributed by atoms with Crippen molar-refractivity contribution in [1.82, 2.24) is 20.2 Å². The summed E-state index contributed by atoms with van der Waals surface area (Å²) in [6.07, 6.45) is 2.15. The average Bonchev–Trinajstić information content (AvgIpc) is 2.34. The molecule has 1 aromatic heterocycles. The van der Waals surface area contributed by atoms with E-state index in [1.165, 1.54) is 6.92 Å². The molecule has 0 saturated carbocycles. The van der Waals surface area contributed by atoms with Crippen molar-refractivity contribution in [3.63, 3.8) is 0 Å². The third kappa shape index (κ3) is 1.71. The summed E-state index contributed by atoms with van der Waals surface area (Å²) in [6.45, 7) is 1.24. The molecule has 0 fully saturated rings. The first-order chi connectivity index (χ1) is 5.02. The van der Waals surface area contributed by atoms with Gasteiger partial charge in [-0.1, -0.05) is 0 Å². The lowest BCUT2D eigenvalue weighted by Gasteiger charge is -2.03. The summed E-state index contributed by atoms with van der Waals surface area (Å²) >= 11 is 0. The third-order valence-electron chi connectivity index (χ3n) is 1.10. The molecule has 1 N–H and O–H groups in total. The Morgan fingerprint density at radius 1 is 1.64 bits per heavy atom. The van der Waals surface area contributed by atoms with Crippen molar-refractivity contribution in [1.29, 1.82) is 0 Å². The van der Waals surface area contributed by atoms with Crippen molar-refractivity contribution < 1.29 is 13.0 Å². The fourth-order valence-corrected chi connectivity index (χ4v) is 0.771. The van der Waals surface area contributed by atoms with Crippen molar-refractivity contribution in [3.8, 4) is 0 Å². The molecule has 0 aliphatic heterocycles. The summed E-state index contributed by atoms with van der Waals surface area (Å²) in [5, 5.41) is 8.29. The van der Waals surface area contributed by atoms with Crippen LogP contribution in [0.2, 0.25) is 0 Å². The topological polar surface area (TPSA) is 98.0 Å². The van der Waals surface area contributed by atoms with Gasteiger partial charge in [-0.05, 0) is 17.4 Å². The monoisotopic (exact) mass is 177 g/mol. The van der Waals surface area contributed by atoms with Gasteiger partial charge in [0.25, 0.3) is 10.1 Å². The van der Waals surface area contributed by atoms with E-state index >= 15 is 0 Å². The van der Waals surface area contributed by atoms with Gasteiger partial charge in [-0.3, -0.25) is 4.55 Å². The number of rotatable bonds is 2. The van der Waals surface area contributed by atoms with Crippen molar-refractivity contribution in [2.24, 2.45) is 0 Å². The third-order valence-corrected chi connectivity index (χ3v) is 2.17. The maximum absolute atomic E-state index is 10.4. The summed E-state index contributed by atoms with van der Waals surface area (Å²) in [5.41, 5.74) is 0. The van der Waals surface area contributed by atoms with Crippen LogP contribution in [0, 0.1) is 6.33 Å². The molecular formula is C3H5N4O3S. The second kappa shape index (κ2) is 2.55. The average molecular weight is 177 g/mol. The molecule has 1 unspecified atom stereocenters. The zero-order chi connectivity index (χ0) is 8.48. The second-order valence-electron chi connectivity index (χ2n) is 1.84. The van der Waals surface area contributed by atoms with Gasteiger partial charge in [0.15, 0.2) is 5.37 Å². The van der Waals surface area contributed by atoms with E-state index in [1.807, 2.05) is 0 Å². The lowest BCUT2D eigenvalue weighted by molar-refractivity contribution is 0.438. The molecule has 8 heteroatoms. The van der Waals surface area contributed by atoms with E-state index < -0.39 is 15.5 Å². The highest BCUT2D eigenvalue weighted by atomic mass is 32.2. The van der Waals surface area contributed by atoms with E-state index in [0.29, 0.717) is 0 Å². The second-order valence-corrected chi connectivity index (χ2v) is 3.55. The van der Waals surface area contributed by atoms with Gasteiger partial charge in [0.05, 0.1) is 0 Å². The fraction of sp³-hybridized carbons (Fsp3) is 0.667. The Labute approximate surface area is 62.8 Å². The Kier molecular flexibility index (Phi) is 1.87. The SMILES string of the molecule is CC(n1[c]nnn1)S(=O)(=O)O. The highest BCUT2D eigenvalue weighted by Gasteiger charge is 2.20. The Hall–Kier alpha value is -1.02. The zero-order valence-electron chi connectivity index (χ0n) is 5.54. The van der Waals surface area contributed by atoms with Crippen LogP contribution < -0.4 is 0 Å². The zero-order valence-corrected chi connectivity index (χ0v) is 6.35. The number of nitrogens with zero attached hydrogens (tertiary/aromatic N) is 4. The van der Waals surface area contributed by atoms with Crippen molar-refractivity contribution in [2.45, 2.75) is 12.3 Å². The molecule has 1 atom stereocenters. The number of aromatic nitrogens is 4. The highest BCUT2D eigenvalue weighted by molar-refractivity contribution is 7.85. The van der Waals surface area contributed by atoms with Crippen molar-refractivity contribution in [2.75, 3.05) is 0 Å². The Balaban J connectivity index is 2.97. The molecule has 0 aliphatic rings. The first kappa shape index (κ1) is 8.08. The molecule has 7 nitrogen and oxygen atoms in total. The fourth-order valence-electron chi connectivity index (χ4n) is 0.429.